The van der Waals surface area contributed by atoms with Crippen LogP contribution in [0.5, 0.6) is 0 Å². The number of benzene rings is 2. The van der Waals surface area contributed by atoms with Crippen LogP contribution in [-0.2, 0) is 12.7 Å². The number of rotatable bonds is 3. The van der Waals surface area contributed by atoms with Gasteiger partial charge in [0.1, 0.15) is 23.3 Å². The second-order valence-electron chi connectivity index (χ2n) is 6.42. The van der Waals surface area contributed by atoms with E-state index >= 15 is 0 Å². The van der Waals surface area contributed by atoms with Gasteiger partial charge in [0.05, 0.1) is 17.8 Å². The van der Waals surface area contributed by atoms with Crippen molar-refractivity contribution in [3.63, 3.8) is 0 Å². The molecule has 3 nitrogen and oxygen atoms in total. The zero-order chi connectivity index (χ0) is 21.3. The van der Waals surface area contributed by atoms with Crippen molar-refractivity contribution in [3.8, 4) is 17.3 Å². The normalized spacial score (nSPS) is 11.3. The van der Waals surface area contributed by atoms with Crippen LogP contribution in [0.2, 0.25) is 0 Å². The van der Waals surface area contributed by atoms with E-state index in [4.69, 9.17) is 5.26 Å². The van der Waals surface area contributed by atoms with Gasteiger partial charge in [0.15, 0.2) is 0 Å². The Labute approximate surface area is 162 Å². The lowest BCUT2D eigenvalue weighted by Gasteiger charge is -2.18. The molecule has 0 fully saturated rings. The quantitative estimate of drug-likeness (QED) is 0.574. The van der Waals surface area contributed by atoms with E-state index in [1.807, 2.05) is 0 Å². The van der Waals surface area contributed by atoms with Crippen molar-refractivity contribution in [1.29, 1.82) is 5.26 Å². The van der Waals surface area contributed by atoms with Crippen LogP contribution in [0.25, 0.3) is 11.3 Å². The molecule has 1 aromatic heterocycles. The maximum atomic E-state index is 14.1. The second-order valence-corrected chi connectivity index (χ2v) is 6.42. The van der Waals surface area contributed by atoms with Gasteiger partial charge in [-0.1, -0.05) is 29.8 Å². The van der Waals surface area contributed by atoms with Crippen molar-refractivity contribution in [2.75, 3.05) is 0 Å². The summed E-state index contributed by atoms with van der Waals surface area (Å²) in [7, 11) is 0. The SMILES string of the molecule is Cc1cccc(-c2cc(C(F)(F)F)c(C#N)c(=O)n2Cc2ccc(F)cc2F)c1. The highest BCUT2D eigenvalue weighted by Gasteiger charge is 2.36. The molecule has 29 heavy (non-hydrogen) atoms. The fourth-order valence-electron chi connectivity index (χ4n) is 3.00. The number of aryl methyl sites for hydroxylation is 1. The Morgan fingerprint density at radius 2 is 1.79 bits per heavy atom. The van der Waals surface area contributed by atoms with Crippen LogP contribution >= 0.6 is 0 Å². The Morgan fingerprint density at radius 3 is 2.38 bits per heavy atom. The summed E-state index contributed by atoms with van der Waals surface area (Å²) in [4.78, 5) is 12.8. The zero-order valence-corrected chi connectivity index (χ0v) is 15.0. The van der Waals surface area contributed by atoms with Gasteiger partial charge in [0, 0.05) is 11.6 Å². The minimum Gasteiger partial charge on any atom is -0.303 e. The molecule has 148 valence electrons. The topological polar surface area (TPSA) is 45.8 Å². The Kier molecular flexibility index (Phi) is 5.25. The first-order chi connectivity index (χ1) is 13.6. The maximum Gasteiger partial charge on any atom is 0.417 e. The van der Waals surface area contributed by atoms with Gasteiger partial charge in [-0.15, -0.1) is 0 Å². The summed E-state index contributed by atoms with van der Waals surface area (Å²) in [6.45, 7) is 1.25. The molecule has 0 bridgehead atoms. The molecule has 0 atom stereocenters. The molecule has 0 unspecified atom stereocenters. The van der Waals surface area contributed by atoms with Gasteiger partial charge in [0.25, 0.3) is 5.56 Å². The first kappa shape index (κ1) is 20.3. The lowest BCUT2D eigenvalue weighted by molar-refractivity contribution is -0.137. The van der Waals surface area contributed by atoms with E-state index in [2.05, 4.69) is 0 Å². The van der Waals surface area contributed by atoms with Crippen LogP contribution in [0.3, 0.4) is 0 Å². The van der Waals surface area contributed by atoms with Crippen LogP contribution < -0.4 is 5.56 Å². The highest BCUT2D eigenvalue weighted by Crippen LogP contribution is 2.34. The molecule has 3 aromatic rings. The average molecular weight is 404 g/mol. The van der Waals surface area contributed by atoms with Crippen molar-refractivity contribution in [2.24, 2.45) is 0 Å². The molecular weight excluding hydrogens is 391 g/mol. The summed E-state index contributed by atoms with van der Waals surface area (Å²) in [5.74, 6) is -1.78. The molecule has 0 aliphatic carbocycles. The lowest BCUT2D eigenvalue weighted by atomic mass is 10.0. The number of hydrogen-bond donors (Lipinski definition) is 0. The number of hydrogen-bond acceptors (Lipinski definition) is 2. The second kappa shape index (κ2) is 7.51. The van der Waals surface area contributed by atoms with Gasteiger partial charge in [-0.2, -0.15) is 18.4 Å². The van der Waals surface area contributed by atoms with Crippen molar-refractivity contribution < 1.29 is 22.0 Å². The third-order valence-corrected chi connectivity index (χ3v) is 4.37. The predicted molar refractivity (Wildman–Crippen MR) is 96.1 cm³/mol. The van der Waals surface area contributed by atoms with E-state index in [1.165, 1.54) is 12.1 Å². The van der Waals surface area contributed by atoms with Crippen molar-refractivity contribution in [3.05, 3.63) is 92.8 Å². The van der Waals surface area contributed by atoms with Crippen LogP contribution in [0.1, 0.15) is 22.3 Å². The van der Waals surface area contributed by atoms with Crippen LogP contribution in [0.15, 0.2) is 53.3 Å². The Hall–Kier alpha value is -3.47. The molecule has 0 spiro atoms. The monoisotopic (exact) mass is 404 g/mol. The van der Waals surface area contributed by atoms with Crippen LogP contribution in [-0.4, -0.2) is 4.57 Å². The van der Waals surface area contributed by atoms with E-state index in [-0.39, 0.29) is 11.3 Å². The summed E-state index contributed by atoms with van der Waals surface area (Å²) in [6, 6.07) is 11.1. The van der Waals surface area contributed by atoms with Gasteiger partial charge in [0.2, 0.25) is 0 Å². The van der Waals surface area contributed by atoms with E-state index in [9.17, 15) is 26.7 Å². The number of nitrogens with zero attached hydrogens (tertiary/aromatic N) is 2. The van der Waals surface area contributed by atoms with Gasteiger partial charge >= 0.3 is 6.18 Å². The largest absolute Gasteiger partial charge is 0.417 e. The molecule has 8 heteroatoms. The van der Waals surface area contributed by atoms with Crippen molar-refractivity contribution >= 4 is 0 Å². The van der Waals surface area contributed by atoms with Gasteiger partial charge in [-0.05, 0) is 30.7 Å². The van der Waals surface area contributed by atoms with Crippen LogP contribution in [0, 0.1) is 29.9 Å². The molecule has 3 rings (SSSR count). The number of aromatic nitrogens is 1. The summed E-state index contributed by atoms with van der Waals surface area (Å²) in [6.07, 6.45) is -4.93. The summed E-state index contributed by atoms with van der Waals surface area (Å²) < 4.78 is 68.6. The number of alkyl halides is 3. The Morgan fingerprint density at radius 1 is 1.07 bits per heavy atom. The molecule has 2 aromatic carbocycles. The summed E-state index contributed by atoms with van der Waals surface area (Å²) in [5, 5.41) is 9.16. The van der Waals surface area contributed by atoms with E-state index in [0.717, 1.165) is 22.3 Å². The molecule has 0 saturated heterocycles. The molecule has 0 N–H and O–H groups in total. The van der Waals surface area contributed by atoms with E-state index < -0.39 is 41.0 Å². The highest BCUT2D eigenvalue weighted by atomic mass is 19.4. The Bertz CT molecular complexity index is 1190. The first-order valence-electron chi connectivity index (χ1n) is 8.38. The predicted octanol–water partition coefficient (Wildman–Crippen LogP) is 5.04. The molecule has 0 saturated carbocycles. The highest BCUT2D eigenvalue weighted by molar-refractivity contribution is 5.63. The molecule has 0 amide bonds. The molecule has 0 aliphatic heterocycles. The van der Waals surface area contributed by atoms with E-state index in [0.29, 0.717) is 17.7 Å². The smallest absolute Gasteiger partial charge is 0.303 e. The molecule has 1 heterocycles. The van der Waals surface area contributed by atoms with Crippen molar-refractivity contribution in [2.45, 2.75) is 19.6 Å². The van der Waals surface area contributed by atoms with E-state index in [1.54, 1.807) is 25.1 Å². The lowest BCUT2D eigenvalue weighted by Crippen LogP contribution is -2.29. The standard InChI is InChI=1S/C21H13F5N2O/c1-12-3-2-4-13(7-12)19-9-17(21(24,25)26)16(10-27)20(29)28(19)11-14-5-6-15(22)8-18(14)23/h2-9H,11H2,1H3. The molecule has 0 aliphatic rings. The average Bonchev–Trinajstić information content (AvgIpc) is 2.64. The molecular formula is C21H13F5N2O. The summed E-state index contributed by atoms with van der Waals surface area (Å²) in [5.41, 5.74) is -2.87. The fourth-order valence-corrected chi connectivity index (χ4v) is 3.00. The summed E-state index contributed by atoms with van der Waals surface area (Å²) >= 11 is 0. The molecule has 0 radical (unpaired) electrons. The fraction of sp³-hybridized carbons (Fsp3) is 0.143. The van der Waals surface area contributed by atoms with Crippen LogP contribution in [0.4, 0.5) is 22.0 Å². The minimum atomic E-state index is -4.93. The number of halogens is 5. The number of pyridine rings is 1. The van der Waals surface area contributed by atoms with Crippen molar-refractivity contribution in [1.82, 2.24) is 4.57 Å². The zero-order valence-electron chi connectivity index (χ0n) is 15.0. The third-order valence-electron chi connectivity index (χ3n) is 4.37. The first-order valence-corrected chi connectivity index (χ1v) is 8.38. The Balaban J connectivity index is 2.33. The third kappa shape index (κ3) is 4.04. The van der Waals surface area contributed by atoms with Gasteiger partial charge < -0.3 is 4.57 Å². The van der Waals surface area contributed by atoms with Gasteiger partial charge in [-0.3, -0.25) is 4.79 Å². The van der Waals surface area contributed by atoms with Gasteiger partial charge in [-0.25, -0.2) is 8.78 Å². The number of nitriles is 1. The maximum absolute atomic E-state index is 14.1. The minimum absolute atomic E-state index is 0.106.